The number of carbonyl (C=O) groups is 1. The van der Waals surface area contributed by atoms with Crippen molar-refractivity contribution in [2.75, 3.05) is 12.3 Å². The lowest BCUT2D eigenvalue weighted by Gasteiger charge is -2.16. The third kappa shape index (κ3) is 3.80. The van der Waals surface area contributed by atoms with E-state index in [-0.39, 0.29) is 24.2 Å². The van der Waals surface area contributed by atoms with Crippen molar-refractivity contribution in [1.82, 2.24) is 10.3 Å². The molecule has 1 aromatic carbocycles. The Morgan fingerprint density at radius 2 is 2.00 bits per heavy atom. The first kappa shape index (κ1) is 14.0. The Morgan fingerprint density at radius 3 is 2.60 bits per heavy atom. The van der Waals surface area contributed by atoms with Crippen LogP contribution in [0.4, 0.5) is 5.69 Å². The van der Waals surface area contributed by atoms with E-state index < -0.39 is 0 Å². The zero-order valence-electron chi connectivity index (χ0n) is 11.0. The number of aliphatic hydroxyl groups excluding tert-OH is 1. The summed E-state index contributed by atoms with van der Waals surface area (Å²) in [6.07, 6.45) is 2.00. The second kappa shape index (κ2) is 6.68. The zero-order valence-corrected chi connectivity index (χ0v) is 11.0. The minimum Gasteiger partial charge on any atom is -0.397 e. The highest BCUT2D eigenvalue weighted by atomic mass is 16.3. The first-order valence-electron chi connectivity index (χ1n) is 6.36. The third-order valence-electron chi connectivity index (χ3n) is 2.90. The van der Waals surface area contributed by atoms with Gasteiger partial charge in [0, 0.05) is 0 Å². The van der Waals surface area contributed by atoms with E-state index in [1.165, 1.54) is 6.20 Å². The Labute approximate surface area is 117 Å². The monoisotopic (exact) mass is 271 g/mol. The smallest absolute Gasteiger partial charge is 0.270 e. The van der Waals surface area contributed by atoms with E-state index in [1.807, 2.05) is 30.3 Å². The number of nitrogens with one attached hydrogen (secondary N) is 1. The summed E-state index contributed by atoms with van der Waals surface area (Å²) in [6.45, 7) is -0.129. The van der Waals surface area contributed by atoms with Gasteiger partial charge in [-0.3, -0.25) is 4.79 Å². The fraction of sp³-hybridized carbons (Fsp3) is 0.200. The maximum Gasteiger partial charge on any atom is 0.270 e. The summed E-state index contributed by atoms with van der Waals surface area (Å²) in [5, 5.41) is 12.1. The van der Waals surface area contributed by atoms with E-state index in [4.69, 9.17) is 5.73 Å². The molecule has 1 heterocycles. The fourth-order valence-electron chi connectivity index (χ4n) is 1.86. The van der Waals surface area contributed by atoms with Gasteiger partial charge in [-0.05, 0) is 24.1 Å². The number of hydrogen-bond acceptors (Lipinski definition) is 4. The van der Waals surface area contributed by atoms with Crippen LogP contribution in [-0.2, 0) is 6.42 Å². The van der Waals surface area contributed by atoms with Crippen molar-refractivity contribution in [2.45, 2.75) is 12.5 Å². The van der Waals surface area contributed by atoms with Crippen molar-refractivity contribution in [3.05, 3.63) is 59.9 Å². The predicted molar refractivity (Wildman–Crippen MR) is 77.1 cm³/mol. The quantitative estimate of drug-likeness (QED) is 0.757. The van der Waals surface area contributed by atoms with Crippen molar-refractivity contribution < 1.29 is 9.90 Å². The summed E-state index contributed by atoms with van der Waals surface area (Å²) in [4.78, 5) is 15.9. The van der Waals surface area contributed by atoms with Crippen LogP contribution in [-0.4, -0.2) is 28.6 Å². The van der Waals surface area contributed by atoms with E-state index in [9.17, 15) is 9.90 Å². The highest BCUT2D eigenvalue weighted by molar-refractivity contribution is 5.92. The molecule has 20 heavy (non-hydrogen) atoms. The van der Waals surface area contributed by atoms with Gasteiger partial charge >= 0.3 is 0 Å². The van der Waals surface area contributed by atoms with Gasteiger partial charge in [0.2, 0.25) is 0 Å². The molecule has 5 nitrogen and oxygen atoms in total. The molecule has 0 radical (unpaired) electrons. The maximum absolute atomic E-state index is 12.0. The van der Waals surface area contributed by atoms with Crippen LogP contribution in [0.5, 0.6) is 0 Å². The Hall–Kier alpha value is -2.40. The summed E-state index contributed by atoms with van der Waals surface area (Å²) in [5.41, 5.74) is 7.36. The molecule has 104 valence electrons. The third-order valence-corrected chi connectivity index (χ3v) is 2.90. The summed E-state index contributed by atoms with van der Waals surface area (Å²) in [6, 6.07) is 12.5. The molecule has 4 N–H and O–H groups in total. The molecular formula is C15H17N3O2. The Kier molecular flexibility index (Phi) is 4.68. The van der Waals surface area contributed by atoms with Crippen LogP contribution in [0.25, 0.3) is 0 Å². The fourth-order valence-corrected chi connectivity index (χ4v) is 1.86. The lowest BCUT2D eigenvalue weighted by molar-refractivity contribution is 0.0911. The number of hydrogen-bond donors (Lipinski definition) is 3. The van der Waals surface area contributed by atoms with Crippen LogP contribution in [0.3, 0.4) is 0 Å². The number of rotatable bonds is 5. The Morgan fingerprint density at radius 1 is 1.25 bits per heavy atom. The molecule has 2 rings (SSSR count). The van der Waals surface area contributed by atoms with Crippen molar-refractivity contribution in [1.29, 1.82) is 0 Å². The van der Waals surface area contributed by atoms with Crippen LogP contribution < -0.4 is 11.1 Å². The molecular weight excluding hydrogens is 254 g/mol. The van der Waals surface area contributed by atoms with Gasteiger partial charge in [-0.1, -0.05) is 30.3 Å². The van der Waals surface area contributed by atoms with E-state index in [0.29, 0.717) is 12.1 Å². The van der Waals surface area contributed by atoms with E-state index in [2.05, 4.69) is 10.3 Å². The molecule has 2 aromatic rings. The summed E-state index contributed by atoms with van der Waals surface area (Å²) >= 11 is 0. The Balaban J connectivity index is 1.99. The largest absolute Gasteiger partial charge is 0.397 e. The number of benzene rings is 1. The molecule has 1 aromatic heterocycles. The number of anilines is 1. The second-order valence-corrected chi connectivity index (χ2v) is 4.52. The van der Waals surface area contributed by atoms with Gasteiger partial charge < -0.3 is 16.2 Å². The molecule has 0 fully saturated rings. The van der Waals surface area contributed by atoms with Crippen LogP contribution in [0, 0.1) is 0 Å². The van der Waals surface area contributed by atoms with E-state index >= 15 is 0 Å². The minimum absolute atomic E-state index is 0.129. The van der Waals surface area contributed by atoms with Gasteiger partial charge in [-0.2, -0.15) is 0 Å². The first-order valence-corrected chi connectivity index (χ1v) is 6.36. The highest BCUT2D eigenvalue weighted by Crippen LogP contribution is 2.05. The van der Waals surface area contributed by atoms with Gasteiger partial charge in [0.25, 0.3) is 5.91 Å². The minimum atomic E-state index is -0.343. The lowest BCUT2D eigenvalue weighted by Crippen LogP contribution is -2.39. The normalized spacial score (nSPS) is 11.8. The van der Waals surface area contributed by atoms with Crippen molar-refractivity contribution >= 4 is 11.6 Å². The number of nitrogens with two attached hydrogens (primary N) is 1. The maximum atomic E-state index is 12.0. The molecule has 0 spiro atoms. The molecule has 0 aliphatic rings. The molecule has 0 saturated carbocycles. The van der Waals surface area contributed by atoms with E-state index in [0.717, 1.165) is 5.56 Å². The summed E-state index contributed by atoms with van der Waals surface area (Å²) in [5.74, 6) is -0.319. The number of pyridine rings is 1. The molecule has 0 unspecified atom stereocenters. The van der Waals surface area contributed by atoms with Gasteiger partial charge in [0.15, 0.2) is 0 Å². The SMILES string of the molecule is Nc1ccc(C(=O)N[C@@H](CO)Cc2ccccc2)nc1. The lowest BCUT2D eigenvalue weighted by atomic mass is 10.1. The standard InChI is InChI=1S/C15H17N3O2/c16-12-6-7-14(17-9-12)15(20)18-13(10-19)8-11-4-2-1-3-5-11/h1-7,9,13,19H,8,10,16H2,(H,18,20)/t13-/m1/s1. The molecule has 1 atom stereocenters. The molecule has 0 saturated heterocycles. The van der Waals surface area contributed by atoms with Crippen molar-refractivity contribution in [2.24, 2.45) is 0 Å². The van der Waals surface area contributed by atoms with Crippen LogP contribution in [0.2, 0.25) is 0 Å². The van der Waals surface area contributed by atoms with Gasteiger partial charge in [-0.25, -0.2) is 4.98 Å². The zero-order chi connectivity index (χ0) is 14.4. The molecule has 0 aliphatic carbocycles. The predicted octanol–water partition coefficient (Wildman–Crippen LogP) is 0.997. The van der Waals surface area contributed by atoms with Crippen molar-refractivity contribution in [3.63, 3.8) is 0 Å². The average molecular weight is 271 g/mol. The van der Waals surface area contributed by atoms with Crippen LogP contribution in [0.1, 0.15) is 16.1 Å². The molecule has 1 amide bonds. The molecule has 0 bridgehead atoms. The van der Waals surface area contributed by atoms with Gasteiger partial charge in [0.1, 0.15) is 5.69 Å². The van der Waals surface area contributed by atoms with Crippen LogP contribution >= 0.6 is 0 Å². The first-order chi connectivity index (χ1) is 9.69. The molecule has 5 heteroatoms. The number of aromatic nitrogens is 1. The molecule has 0 aliphatic heterocycles. The summed E-state index contributed by atoms with van der Waals surface area (Å²) < 4.78 is 0. The number of carbonyl (C=O) groups excluding carboxylic acids is 1. The van der Waals surface area contributed by atoms with Gasteiger partial charge in [-0.15, -0.1) is 0 Å². The van der Waals surface area contributed by atoms with Crippen molar-refractivity contribution in [3.8, 4) is 0 Å². The van der Waals surface area contributed by atoms with E-state index in [1.54, 1.807) is 12.1 Å². The number of nitrogens with zero attached hydrogens (tertiary/aromatic N) is 1. The van der Waals surface area contributed by atoms with Gasteiger partial charge in [0.05, 0.1) is 24.5 Å². The second-order valence-electron chi connectivity index (χ2n) is 4.52. The number of aliphatic hydroxyl groups is 1. The summed E-state index contributed by atoms with van der Waals surface area (Å²) in [7, 11) is 0. The highest BCUT2D eigenvalue weighted by Gasteiger charge is 2.14. The topological polar surface area (TPSA) is 88.2 Å². The average Bonchev–Trinajstić information content (AvgIpc) is 2.48. The Bertz CT molecular complexity index is 555. The number of nitrogen functional groups attached to an aromatic ring is 1. The number of amides is 1. The van der Waals surface area contributed by atoms with Crippen LogP contribution in [0.15, 0.2) is 48.7 Å².